The van der Waals surface area contributed by atoms with Crippen molar-refractivity contribution in [2.75, 3.05) is 35.5 Å². The van der Waals surface area contributed by atoms with Crippen molar-refractivity contribution in [1.29, 1.82) is 0 Å². The average Bonchev–Trinajstić information content (AvgIpc) is 2.70. The highest BCUT2D eigenvalue weighted by molar-refractivity contribution is 7.49. The summed E-state index contributed by atoms with van der Waals surface area (Å²) in [5.41, 5.74) is 0.351. The number of Topliss-reactive ketones (excluding diaryl/α,β-unsaturated/α-hetero) is 1. The number of ether oxygens (including phenoxy) is 5. The zero-order valence-corrected chi connectivity index (χ0v) is 16.3. The predicted molar refractivity (Wildman–Crippen MR) is 103 cm³/mol. The lowest BCUT2D eigenvalue weighted by atomic mass is 10.1. The van der Waals surface area contributed by atoms with Crippen LogP contribution in [0, 0.1) is 0 Å². The Hall–Kier alpha value is -2.72. The summed E-state index contributed by atoms with van der Waals surface area (Å²) in [6.45, 7) is 0. The van der Waals surface area contributed by atoms with Gasteiger partial charge in [-0.1, -0.05) is 8.20 Å². The van der Waals surface area contributed by atoms with Gasteiger partial charge in [-0.05, 0) is 18.2 Å². The van der Waals surface area contributed by atoms with E-state index in [4.69, 9.17) is 23.7 Å². The molecule has 0 aromatic heterocycles. The summed E-state index contributed by atoms with van der Waals surface area (Å²) in [4.78, 5) is 12.7. The van der Waals surface area contributed by atoms with Crippen molar-refractivity contribution >= 4 is 25.1 Å². The largest absolute Gasteiger partial charge is 0.496 e. The maximum atomic E-state index is 12.7. The van der Waals surface area contributed by atoms with Crippen molar-refractivity contribution in [3.05, 3.63) is 35.9 Å². The van der Waals surface area contributed by atoms with Crippen molar-refractivity contribution in [3.8, 4) is 28.7 Å². The summed E-state index contributed by atoms with van der Waals surface area (Å²) in [5.74, 6) is 3.92. The highest BCUT2D eigenvalue weighted by Gasteiger charge is 2.18. The summed E-state index contributed by atoms with van der Waals surface area (Å²) >= 11 is 0. The summed E-state index contributed by atoms with van der Waals surface area (Å²) < 4.78 is 26.4. The predicted octanol–water partition coefficient (Wildman–Crippen LogP) is 2.99. The topological polar surface area (TPSA) is 63.2 Å². The number of carbonyl (C=O) groups is 1. The SMILES string of the molecule is COc1cc(OC)c(C(=O)/C=P/c2ccc(OC)c(OC)c2)c(OC)c1. The van der Waals surface area contributed by atoms with E-state index in [0.717, 1.165) is 5.30 Å². The molecule has 7 heteroatoms. The maximum absolute atomic E-state index is 12.7. The van der Waals surface area contributed by atoms with Gasteiger partial charge >= 0.3 is 0 Å². The van der Waals surface area contributed by atoms with Crippen molar-refractivity contribution in [2.24, 2.45) is 0 Å². The standard InChI is InChI=1S/C19H21O6P/c1-21-12-8-17(24-4)19(18(9-12)25-5)14(20)11-26-13-6-7-15(22-2)16(10-13)23-3/h6-11H,1-5H3. The van der Waals surface area contributed by atoms with Gasteiger partial charge in [-0.25, -0.2) is 0 Å². The van der Waals surface area contributed by atoms with Gasteiger partial charge in [0.1, 0.15) is 22.8 Å². The molecule has 138 valence electrons. The van der Waals surface area contributed by atoms with Gasteiger partial charge in [-0.15, -0.1) is 0 Å². The molecule has 0 N–H and O–H groups in total. The summed E-state index contributed by atoms with van der Waals surface area (Å²) in [6, 6.07) is 8.80. The lowest BCUT2D eigenvalue weighted by Gasteiger charge is -2.13. The van der Waals surface area contributed by atoms with Crippen LogP contribution in [0.4, 0.5) is 0 Å². The van der Waals surface area contributed by atoms with Crippen LogP contribution in [0.1, 0.15) is 10.4 Å². The molecule has 0 spiro atoms. The van der Waals surface area contributed by atoms with E-state index >= 15 is 0 Å². The maximum Gasteiger partial charge on any atom is 0.197 e. The fourth-order valence-electron chi connectivity index (χ4n) is 2.35. The van der Waals surface area contributed by atoms with Gasteiger partial charge < -0.3 is 23.7 Å². The molecule has 0 bridgehead atoms. The number of methoxy groups -OCH3 is 5. The second-order valence-electron chi connectivity index (χ2n) is 5.07. The van der Waals surface area contributed by atoms with Crippen LogP contribution >= 0.6 is 8.20 Å². The molecule has 0 aliphatic rings. The van der Waals surface area contributed by atoms with Crippen LogP contribution in [-0.4, -0.2) is 47.1 Å². The van der Waals surface area contributed by atoms with Gasteiger partial charge in [0.05, 0.1) is 35.5 Å². The van der Waals surface area contributed by atoms with Crippen molar-refractivity contribution in [3.63, 3.8) is 0 Å². The van der Waals surface area contributed by atoms with Crippen LogP contribution in [0.2, 0.25) is 0 Å². The van der Waals surface area contributed by atoms with Gasteiger partial charge in [0.2, 0.25) is 0 Å². The minimum absolute atomic E-state index is 0.210. The van der Waals surface area contributed by atoms with E-state index in [2.05, 4.69) is 0 Å². The Morgan fingerprint density at radius 2 is 1.35 bits per heavy atom. The Kier molecular flexibility index (Phi) is 6.87. The van der Waals surface area contributed by atoms with E-state index in [1.54, 1.807) is 38.2 Å². The Balaban J connectivity index is 2.36. The molecule has 0 aliphatic heterocycles. The van der Waals surface area contributed by atoms with Crippen LogP contribution in [0.25, 0.3) is 0 Å². The second kappa shape index (κ2) is 9.11. The molecular formula is C19H21O6P. The number of ketones is 1. The Morgan fingerprint density at radius 3 is 1.85 bits per heavy atom. The molecule has 0 amide bonds. The van der Waals surface area contributed by atoms with Crippen molar-refractivity contribution < 1.29 is 28.5 Å². The van der Waals surface area contributed by atoms with Gasteiger partial charge in [0.25, 0.3) is 0 Å². The molecule has 0 unspecified atom stereocenters. The Labute approximate surface area is 154 Å². The number of carbonyl (C=O) groups excluding carboxylic acids is 1. The van der Waals surface area contributed by atoms with Crippen LogP contribution < -0.4 is 29.0 Å². The van der Waals surface area contributed by atoms with E-state index in [0.29, 0.717) is 42.5 Å². The molecule has 2 rings (SSSR count). The summed E-state index contributed by atoms with van der Waals surface area (Å²) in [5, 5.41) is 0.891. The third-order valence-corrected chi connectivity index (χ3v) is 4.60. The number of hydrogen-bond acceptors (Lipinski definition) is 6. The minimum atomic E-state index is -0.210. The zero-order chi connectivity index (χ0) is 19.1. The lowest BCUT2D eigenvalue weighted by Crippen LogP contribution is -2.07. The first kappa shape index (κ1) is 19.6. The monoisotopic (exact) mass is 376 g/mol. The normalized spacial score (nSPS) is 10.5. The third-order valence-electron chi connectivity index (χ3n) is 3.66. The van der Waals surface area contributed by atoms with Crippen molar-refractivity contribution in [2.45, 2.75) is 0 Å². The Morgan fingerprint density at radius 1 is 0.769 bits per heavy atom. The molecule has 2 aromatic carbocycles. The lowest BCUT2D eigenvalue weighted by molar-refractivity contribution is 0.106. The fraction of sp³-hybridized carbons (Fsp3) is 0.263. The molecule has 0 saturated carbocycles. The average molecular weight is 376 g/mol. The third kappa shape index (κ3) is 4.27. The van der Waals surface area contributed by atoms with Gasteiger partial charge in [0, 0.05) is 23.2 Å². The van der Waals surface area contributed by atoms with E-state index in [1.165, 1.54) is 21.3 Å². The van der Waals surface area contributed by atoms with Crippen molar-refractivity contribution in [1.82, 2.24) is 0 Å². The molecule has 0 saturated heterocycles. The summed E-state index contributed by atoms with van der Waals surface area (Å²) in [6.07, 6.45) is 0. The summed E-state index contributed by atoms with van der Waals surface area (Å²) in [7, 11) is 8.39. The smallest absolute Gasteiger partial charge is 0.197 e. The molecule has 0 radical (unpaired) electrons. The van der Waals surface area contributed by atoms with Crippen LogP contribution in [0.5, 0.6) is 28.7 Å². The minimum Gasteiger partial charge on any atom is -0.496 e. The number of hydrogen-bond donors (Lipinski definition) is 0. The van der Waals surface area contributed by atoms with Crippen LogP contribution in [-0.2, 0) is 0 Å². The molecule has 0 aliphatic carbocycles. The number of rotatable bonds is 8. The van der Waals surface area contributed by atoms with Gasteiger partial charge in [-0.2, -0.15) is 0 Å². The molecule has 0 atom stereocenters. The molecule has 2 aromatic rings. The highest BCUT2D eigenvalue weighted by Crippen LogP contribution is 2.34. The molecule has 0 fully saturated rings. The molecular weight excluding hydrogens is 355 g/mol. The van der Waals surface area contributed by atoms with Crippen LogP contribution in [0.3, 0.4) is 0 Å². The second-order valence-corrected chi connectivity index (χ2v) is 6.10. The van der Waals surface area contributed by atoms with Crippen LogP contribution in [0.15, 0.2) is 30.3 Å². The van der Waals surface area contributed by atoms with E-state index in [-0.39, 0.29) is 5.78 Å². The fourth-order valence-corrected chi connectivity index (χ4v) is 3.10. The molecule has 6 nitrogen and oxygen atoms in total. The van der Waals surface area contributed by atoms with E-state index in [1.807, 2.05) is 12.1 Å². The molecule has 26 heavy (non-hydrogen) atoms. The highest BCUT2D eigenvalue weighted by atomic mass is 31.1. The van der Waals surface area contributed by atoms with Gasteiger partial charge in [0.15, 0.2) is 17.3 Å². The first-order chi connectivity index (χ1) is 12.6. The first-order valence-electron chi connectivity index (χ1n) is 7.68. The zero-order valence-electron chi connectivity index (χ0n) is 15.4. The van der Waals surface area contributed by atoms with E-state index < -0.39 is 0 Å². The van der Waals surface area contributed by atoms with E-state index in [9.17, 15) is 4.79 Å². The molecule has 0 heterocycles. The first-order valence-corrected chi connectivity index (χ1v) is 8.64. The van der Waals surface area contributed by atoms with Gasteiger partial charge in [-0.3, -0.25) is 4.79 Å². The Bertz CT molecular complexity index is 791. The number of benzene rings is 2. The quantitative estimate of drug-likeness (QED) is 0.521.